The van der Waals surface area contributed by atoms with E-state index in [0.29, 0.717) is 10.7 Å². The van der Waals surface area contributed by atoms with E-state index in [2.05, 4.69) is 68.1 Å². The summed E-state index contributed by atoms with van der Waals surface area (Å²) in [5, 5.41) is 3.24. The minimum Gasteiger partial charge on any atom is -0.350 e. The number of hydrogen-bond acceptors (Lipinski definition) is 4. The zero-order valence-electron chi connectivity index (χ0n) is 13.3. The molecule has 21 heavy (non-hydrogen) atoms. The first-order chi connectivity index (χ1) is 9.81. The van der Waals surface area contributed by atoms with Crippen LogP contribution in [0.4, 0.5) is 5.95 Å². The van der Waals surface area contributed by atoms with Crippen LogP contribution in [0.1, 0.15) is 38.8 Å². The molecule has 0 spiro atoms. The lowest BCUT2D eigenvalue weighted by molar-refractivity contribution is 0.623. The number of rotatable bonds is 3. The molecule has 0 bridgehead atoms. The van der Waals surface area contributed by atoms with Crippen molar-refractivity contribution in [3.63, 3.8) is 0 Å². The molecule has 112 valence electrons. The molecule has 0 aliphatic carbocycles. The molecule has 5 heteroatoms. The van der Waals surface area contributed by atoms with Gasteiger partial charge in [-0.2, -0.15) is 4.98 Å². The summed E-state index contributed by atoms with van der Waals surface area (Å²) in [6, 6.07) is 6.26. The van der Waals surface area contributed by atoms with Gasteiger partial charge in [-0.1, -0.05) is 25.1 Å². The Bertz CT molecular complexity index is 698. The van der Waals surface area contributed by atoms with Crippen molar-refractivity contribution < 1.29 is 0 Å². The largest absolute Gasteiger partial charge is 0.350 e. The Labute approximate surface area is 131 Å². The van der Waals surface area contributed by atoms with E-state index < -0.39 is 0 Å². The molecule has 0 amide bonds. The van der Waals surface area contributed by atoms with E-state index in [-0.39, 0.29) is 5.54 Å². The Morgan fingerprint density at radius 3 is 2.57 bits per heavy atom. The van der Waals surface area contributed by atoms with Crippen molar-refractivity contribution in [2.75, 3.05) is 5.32 Å². The predicted molar refractivity (Wildman–Crippen MR) is 89.7 cm³/mol. The fourth-order valence-electron chi connectivity index (χ4n) is 2.23. The van der Waals surface area contributed by atoms with Crippen LogP contribution in [-0.4, -0.2) is 20.1 Å². The van der Waals surface area contributed by atoms with E-state index in [4.69, 9.17) is 12.2 Å². The highest BCUT2D eigenvalue weighted by Gasteiger charge is 2.13. The van der Waals surface area contributed by atoms with Gasteiger partial charge in [-0.15, -0.1) is 0 Å². The van der Waals surface area contributed by atoms with Crippen molar-refractivity contribution in [1.82, 2.24) is 14.5 Å². The van der Waals surface area contributed by atoms with Gasteiger partial charge in [0.25, 0.3) is 0 Å². The van der Waals surface area contributed by atoms with Gasteiger partial charge in [-0.3, -0.25) is 4.57 Å². The first-order valence-electron chi connectivity index (χ1n) is 7.14. The lowest BCUT2D eigenvalue weighted by Gasteiger charge is -2.21. The second-order valence-electron chi connectivity index (χ2n) is 6.14. The van der Waals surface area contributed by atoms with Crippen LogP contribution in [0.2, 0.25) is 0 Å². The van der Waals surface area contributed by atoms with Gasteiger partial charge >= 0.3 is 0 Å². The Morgan fingerprint density at radius 1 is 1.29 bits per heavy atom. The molecule has 2 rings (SSSR count). The lowest BCUT2D eigenvalue weighted by atomic mass is 10.1. The predicted octanol–water partition coefficient (Wildman–Crippen LogP) is 4.08. The zero-order chi connectivity index (χ0) is 15.6. The molecular formula is C16H22N4S. The third kappa shape index (κ3) is 3.67. The van der Waals surface area contributed by atoms with E-state index in [1.165, 1.54) is 11.1 Å². The molecule has 0 fully saturated rings. The highest BCUT2D eigenvalue weighted by atomic mass is 32.1. The summed E-state index contributed by atoms with van der Waals surface area (Å²) in [7, 11) is 0. The molecule has 0 radical (unpaired) electrons. The van der Waals surface area contributed by atoms with Crippen LogP contribution in [0.25, 0.3) is 5.69 Å². The molecule has 4 nitrogen and oxygen atoms in total. The van der Waals surface area contributed by atoms with Crippen LogP contribution in [0.5, 0.6) is 0 Å². The highest BCUT2D eigenvalue weighted by molar-refractivity contribution is 7.71. The molecule has 2 aromatic rings. The summed E-state index contributed by atoms with van der Waals surface area (Å²) >= 11 is 5.45. The van der Waals surface area contributed by atoms with Crippen molar-refractivity contribution in [2.45, 2.75) is 46.6 Å². The Hall–Kier alpha value is -1.75. The molecule has 0 unspecified atom stereocenters. The molecule has 0 atom stereocenters. The zero-order valence-corrected chi connectivity index (χ0v) is 14.1. The second-order valence-corrected chi connectivity index (χ2v) is 6.51. The van der Waals surface area contributed by atoms with Gasteiger partial charge in [-0.25, -0.2) is 4.98 Å². The molecule has 0 aliphatic heterocycles. The summed E-state index contributed by atoms with van der Waals surface area (Å²) in [4.78, 5) is 8.80. The van der Waals surface area contributed by atoms with Crippen LogP contribution in [0.15, 0.2) is 24.5 Å². The number of nitrogens with zero attached hydrogens (tertiary/aromatic N) is 3. The summed E-state index contributed by atoms with van der Waals surface area (Å²) in [5.74, 6) is 0.565. The van der Waals surface area contributed by atoms with Gasteiger partial charge in [-0.05, 0) is 57.5 Å². The summed E-state index contributed by atoms with van der Waals surface area (Å²) in [6.07, 6.45) is 2.70. The molecule has 1 aromatic carbocycles. The van der Waals surface area contributed by atoms with E-state index in [9.17, 15) is 0 Å². The minimum absolute atomic E-state index is 0.0921. The summed E-state index contributed by atoms with van der Waals surface area (Å²) in [6.45, 7) is 10.4. The molecule has 0 saturated carbocycles. The van der Waals surface area contributed by atoms with Crippen LogP contribution in [0.3, 0.4) is 0 Å². The van der Waals surface area contributed by atoms with Gasteiger partial charge in [0, 0.05) is 5.54 Å². The quantitative estimate of drug-likeness (QED) is 0.868. The first-order valence-corrected chi connectivity index (χ1v) is 7.55. The average molecular weight is 302 g/mol. The molecule has 1 N–H and O–H groups in total. The van der Waals surface area contributed by atoms with Gasteiger partial charge in [0.2, 0.25) is 10.7 Å². The van der Waals surface area contributed by atoms with Gasteiger partial charge in [0.15, 0.2) is 0 Å². The number of benzene rings is 1. The average Bonchev–Trinajstić information content (AvgIpc) is 2.37. The number of para-hydroxylation sites is 1. The van der Waals surface area contributed by atoms with E-state index in [1.807, 2.05) is 4.57 Å². The number of aromatic nitrogens is 3. The first kappa shape index (κ1) is 15.6. The molecule has 0 saturated heterocycles. The molecule has 0 aliphatic rings. The fourth-order valence-corrected chi connectivity index (χ4v) is 2.46. The molecule has 1 heterocycles. The van der Waals surface area contributed by atoms with Gasteiger partial charge in [0.05, 0.1) is 5.69 Å². The van der Waals surface area contributed by atoms with Crippen LogP contribution < -0.4 is 5.32 Å². The summed E-state index contributed by atoms with van der Waals surface area (Å²) in [5.41, 5.74) is 3.41. The standard InChI is InChI=1S/C16H22N4S/c1-6-12-9-7-8-11(2)13(12)20-10-17-14(18-15(20)21)19-16(3,4)5/h7-10H,6H2,1-5H3,(H,18,19,21). The van der Waals surface area contributed by atoms with Crippen molar-refractivity contribution in [3.8, 4) is 5.69 Å². The summed E-state index contributed by atoms with van der Waals surface area (Å²) < 4.78 is 2.40. The van der Waals surface area contributed by atoms with Crippen molar-refractivity contribution >= 4 is 18.2 Å². The number of aryl methyl sites for hydroxylation is 2. The Kier molecular flexibility index (Phi) is 4.42. The maximum atomic E-state index is 5.45. The normalized spacial score (nSPS) is 11.5. The van der Waals surface area contributed by atoms with Crippen LogP contribution in [0, 0.1) is 11.7 Å². The number of anilines is 1. The fraction of sp³-hybridized carbons (Fsp3) is 0.438. The maximum absolute atomic E-state index is 5.45. The molecule has 1 aromatic heterocycles. The third-order valence-electron chi connectivity index (χ3n) is 3.13. The maximum Gasteiger partial charge on any atom is 0.227 e. The van der Waals surface area contributed by atoms with E-state index in [1.54, 1.807) is 6.33 Å². The van der Waals surface area contributed by atoms with Crippen molar-refractivity contribution in [3.05, 3.63) is 40.4 Å². The van der Waals surface area contributed by atoms with Crippen molar-refractivity contribution in [2.24, 2.45) is 0 Å². The van der Waals surface area contributed by atoms with Crippen LogP contribution in [-0.2, 0) is 6.42 Å². The van der Waals surface area contributed by atoms with Gasteiger partial charge in [0.1, 0.15) is 6.33 Å². The van der Waals surface area contributed by atoms with E-state index in [0.717, 1.165) is 12.1 Å². The third-order valence-corrected chi connectivity index (χ3v) is 3.42. The van der Waals surface area contributed by atoms with Crippen molar-refractivity contribution in [1.29, 1.82) is 0 Å². The molecular weight excluding hydrogens is 280 g/mol. The van der Waals surface area contributed by atoms with E-state index >= 15 is 0 Å². The minimum atomic E-state index is -0.0921. The smallest absolute Gasteiger partial charge is 0.227 e. The Balaban J connectivity index is 2.50. The highest BCUT2D eigenvalue weighted by Crippen LogP contribution is 2.20. The number of hydrogen-bond donors (Lipinski definition) is 1. The van der Waals surface area contributed by atoms with Gasteiger partial charge < -0.3 is 5.32 Å². The monoisotopic (exact) mass is 302 g/mol. The second kappa shape index (κ2) is 5.93. The number of nitrogens with one attached hydrogen (secondary N) is 1. The topological polar surface area (TPSA) is 42.7 Å². The van der Waals surface area contributed by atoms with Crippen LogP contribution >= 0.6 is 12.2 Å². The Morgan fingerprint density at radius 2 is 2.00 bits per heavy atom. The lowest BCUT2D eigenvalue weighted by Crippen LogP contribution is -2.27. The SMILES string of the molecule is CCc1cccc(C)c1-n1cnc(NC(C)(C)C)nc1=S.